The molecule has 0 bridgehead atoms. The molecule has 0 spiro atoms. The number of ether oxygens (including phenoxy) is 2. The largest absolute Gasteiger partial charge is 0.445 e. The Labute approximate surface area is 185 Å². The number of nitrogens with one attached hydrogen (secondary N) is 3. The van der Waals surface area contributed by atoms with Crippen LogP contribution < -0.4 is 16.0 Å². The monoisotopic (exact) mass is 435 g/mol. The Hall–Kier alpha value is -2.77. The summed E-state index contributed by atoms with van der Waals surface area (Å²) in [5, 5.41) is 8.18. The topological polar surface area (TPSA) is 106 Å². The van der Waals surface area contributed by atoms with Gasteiger partial charge in [0, 0.05) is 13.1 Å². The van der Waals surface area contributed by atoms with Crippen molar-refractivity contribution < 1.29 is 23.9 Å². The Morgan fingerprint density at radius 1 is 0.935 bits per heavy atom. The van der Waals surface area contributed by atoms with Crippen molar-refractivity contribution in [1.29, 1.82) is 0 Å². The van der Waals surface area contributed by atoms with Gasteiger partial charge < -0.3 is 25.4 Å². The van der Waals surface area contributed by atoms with Gasteiger partial charge in [0.2, 0.25) is 5.91 Å². The molecule has 31 heavy (non-hydrogen) atoms. The van der Waals surface area contributed by atoms with Gasteiger partial charge in [-0.25, -0.2) is 9.59 Å². The highest BCUT2D eigenvalue weighted by Gasteiger charge is 2.24. The van der Waals surface area contributed by atoms with Crippen LogP contribution in [0.25, 0.3) is 0 Å². The van der Waals surface area contributed by atoms with Crippen LogP contribution in [0.3, 0.4) is 0 Å². The fourth-order valence-electron chi connectivity index (χ4n) is 2.70. The Morgan fingerprint density at radius 2 is 1.55 bits per heavy atom. The van der Waals surface area contributed by atoms with E-state index in [1.54, 1.807) is 20.8 Å². The minimum absolute atomic E-state index is 0.227. The molecule has 1 aromatic carbocycles. The van der Waals surface area contributed by atoms with Gasteiger partial charge in [-0.05, 0) is 51.5 Å². The van der Waals surface area contributed by atoms with Crippen molar-refractivity contribution in [3.05, 3.63) is 35.9 Å². The molecule has 0 heterocycles. The van der Waals surface area contributed by atoms with Gasteiger partial charge >= 0.3 is 12.2 Å². The first-order chi connectivity index (χ1) is 14.6. The highest BCUT2D eigenvalue weighted by Crippen LogP contribution is 2.09. The Bertz CT molecular complexity index is 686. The van der Waals surface area contributed by atoms with Crippen molar-refractivity contribution in [1.82, 2.24) is 16.0 Å². The van der Waals surface area contributed by atoms with E-state index in [-0.39, 0.29) is 18.4 Å². The summed E-state index contributed by atoms with van der Waals surface area (Å²) in [6, 6.07) is 8.81. The Morgan fingerprint density at radius 3 is 2.13 bits per heavy atom. The molecule has 0 saturated carbocycles. The third kappa shape index (κ3) is 13.2. The number of alkyl carbamates (subject to hydrolysis) is 2. The fourth-order valence-corrected chi connectivity index (χ4v) is 2.70. The smallest absolute Gasteiger partial charge is 0.408 e. The summed E-state index contributed by atoms with van der Waals surface area (Å²) in [6.07, 6.45) is 0.818. The second-order valence-electron chi connectivity index (χ2n) is 8.82. The van der Waals surface area contributed by atoms with Gasteiger partial charge in [-0.3, -0.25) is 4.79 Å². The lowest BCUT2D eigenvalue weighted by Crippen LogP contribution is -2.49. The van der Waals surface area contributed by atoms with Crippen LogP contribution in [-0.4, -0.2) is 42.8 Å². The first-order valence-electron chi connectivity index (χ1n) is 10.8. The van der Waals surface area contributed by atoms with Crippen molar-refractivity contribution in [2.45, 2.75) is 72.1 Å². The number of hydrogen-bond acceptors (Lipinski definition) is 5. The van der Waals surface area contributed by atoms with Crippen molar-refractivity contribution in [2.24, 2.45) is 5.92 Å². The molecule has 1 rings (SSSR count). The van der Waals surface area contributed by atoms with E-state index in [0.717, 1.165) is 5.56 Å². The zero-order valence-corrected chi connectivity index (χ0v) is 19.3. The van der Waals surface area contributed by atoms with Crippen molar-refractivity contribution in [2.75, 3.05) is 13.1 Å². The van der Waals surface area contributed by atoms with Crippen LogP contribution in [0.1, 0.15) is 59.4 Å². The summed E-state index contributed by atoms with van der Waals surface area (Å²) in [5.74, 6) is -0.00780. The van der Waals surface area contributed by atoms with Crippen molar-refractivity contribution in [3.63, 3.8) is 0 Å². The second kappa shape index (κ2) is 13.5. The first kappa shape index (κ1) is 26.3. The molecule has 0 unspecified atom stereocenters. The number of unbranched alkanes of at least 4 members (excludes halogenated alkanes) is 1. The van der Waals surface area contributed by atoms with Crippen LogP contribution in [0, 0.1) is 5.92 Å². The number of benzene rings is 1. The van der Waals surface area contributed by atoms with E-state index < -0.39 is 23.8 Å². The van der Waals surface area contributed by atoms with Gasteiger partial charge in [0.1, 0.15) is 18.2 Å². The third-order valence-electron chi connectivity index (χ3n) is 4.10. The van der Waals surface area contributed by atoms with E-state index in [1.807, 2.05) is 44.2 Å². The van der Waals surface area contributed by atoms with E-state index in [2.05, 4.69) is 16.0 Å². The maximum Gasteiger partial charge on any atom is 0.408 e. The Balaban J connectivity index is 2.24. The summed E-state index contributed by atoms with van der Waals surface area (Å²) in [7, 11) is 0. The maximum absolute atomic E-state index is 12.5. The molecule has 0 aromatic heterocycles. The van der Waals surface area contributed by atoms with Gasteiger partial charge in [0.25, 0.3) is 0 Å². The molecular formula is C23H37N3O5. The number of amides is 3. The van der Waals surface area contributed by atoms with Gasteiger partial charge in [0.15, 0.2) is 0 Å². The minimum atomic E-state index is -0.652. The van der Waals surface area contributed by atoms with Gasteiger partial charge in [-0.2, -0.15) is 0 Å². The quantitative estimate of drug-likeness (QED) is 0.459. The summed E-state index contributed by atoms with van der Waals surface area (Å²) in [4.78, 5) is 36.2. The highest BCUT2D eigenvalue weighted by molar-refractivity contribution is 5.85. The predicted octanol–water partition coefficient (Wildman–Crippen LogP) is 3.75. The van der Waals surface area contributed by atoms with Crippen LogP contribution in [0.15, 0.2) is 30.3 Å². The van der Waals surface area contributed by atoms with E-state index >= 15 is 0 Å². The number of carbonyl (C=O) groups excluding carboxylic acids is 3. The standard InChI is InChI=1S/C23H37N3O5/c1-17(2)15-19(26-22(29)31-23(3,4)5)20(27)24-13-9-10-14-25-21(28)30-16-18-11-7-6-8-12-18/h6-8,11-12,17,19H,9-10,13-16H2,1-5H3,(H,24,27)(H,25,28)(H,26,29)/t19-/m0/s1. The molecule has 174 valence electrons. The number of carbonyl (C=O) groups is 3. The molecular weight excluding hydrogens is 398 g/mol. The average molecular weight is 436 g/mol. The van der Waals surface area contributed by atoms with Crippen LogP contribution in [0.4, 0.5) is 9.59 Å². The maximum atomic E-state index is 12.5. The summed E-state index contributed by atoms with van der Waals surface area (Å²) >= 11 is 0. The van der Waals surface area contributed by atoms with Crippen molar-refractivity contribution in [3.8, 4) is 0 Å². The minimum Gasteiger partial charge on any atom is -0.445 e. The van der Waals surface area contributed by atoms with E-state index in [0.29, 0.717) is 32.4 Å². The normalized spacial score (nSPS) is 12.1. The molecule has 0 saturated heterocycles. The van der Waals surface area contributed by atoms with Gasteiger partial charge in [-0.15, -0.1) is 0 Å². The van der Waals surface area contributed by atoms with Crippen molar-refractivity contribution >= 4 is 18.1 Å². The molecule has 0 aliphatic carbocycles. The predicted molar refractivity (Wildman–Crippen MR) is 119 cm³/mol. The molecule has 8 nitrogen and oxygen atoms in total. The zero-order chi connectivity index (χ0) is 23.3. The first-order valence-corrected chi connectivity index (χ1v) is 10.8. The fraction of sp³-hybridized carbons (Fsp3) is 0.609. The lowest BCUT2D eigenvalue weighted by atomic mass is 10.0. The zero-order valence-electron chi connectivity index (χ0n) is 19.3. The Kier molecular flexibility index (Phi) is 11.5. The van der Waals surface area contributed by atoms with E-state index in [9.17, 15) is 14.4 Å². The highest BCUT2D eigenvalue weighted by atomic mass is 16.6. The molecule has 0 aliphatic rings. The summed E-state index contributed by atoms with van der Waals surface area (Å²) < 4.78 is 10.4. The number of hydrogen-bond donors (Lipinski definition) is 3. The molecule has 1 atom stereocenters. The molecule has 8 heteroatoms. The van der Waals surface area contributed by atoms with Crippen LogP contribution >= 0.6 is 0 Å². The lowest BCUT2D eigenvalue weighted by molar-refractivity contribution is -0.123. The molecule has 3 amide bonds. The molecule has 3 N–H and O–H groups in total. The summed E-state index contributed by atoms with van der Waals surface area (Å²) in [5.41, 5.74) is 0.300. The van der Waals surface area contributed by atoms with Crippen LogP contribution in [-0.2, 0) is 20.9 Å². The van der Waals surface area contributed by atoms with Gasteiger partial charge in [0.05, 0.1) is 0 Å². The van der Waals surface area contributed by atoms with E-state index in [1.165, 1.54) is 0 Å². The average Bonchev–Trinajstić information content (AvgIpc) is 2.67. The second-order valence-corrected chi connectivity index (χ2v) is 8.82. The molecule has 0 fully saturated rings. The molecule has 0 radical (unpaired) electrons. The summed E-state index contributed by atoms with van der Waals surface area (Å²) in [6.45, 7) is 10.4. The SMILES string of the molecule is CC(C)C[C@H](NC(=O)OC(C)(C)C)C(=O)NCCCCNC(=O)OCc1ccccc1. The van der Waals surface area contributed by atoms with Crippen LogP contribution in [0.2, 0.25) is 0 Å². The van der Waals surface area contributed by atoms with Gasteiger partial charge in [-0.1, -0.05) is 44.2 Å². The number of rotatable bonds is 11. The molecule has 0 aliphatic heterocycles. The van der Waals surface area contributed by atoms with Crippen LogP contribution in [0.5, 0.6) is 0 Å². The molecule has 1 aromatic rings. The van der Waals surface area contributed by atoms with E-state index in [4.69, 9.17) is 9.47 Å². The lowest BCUT2D eigenvalue weighted by Gasteiger charge is -2.24. The third-order valence-corrected chi connectivity index (χ3v) is 4.10.